The molecule has 11 heteroatoms. The summed E-state index contributed by atoms with van der Waals surface area (Å²) in [7, 11) is -0.675. The fraction of sp³-hybridized carbons (Fsp3) is 0.393. The molecule has 1 aromatic heterocycles. The maximum absolute atomic E-state index is 13.5. The topological polar surface area (TPSA) is 81.8 Å². The number of benzene rings is 2. The van der Waals surface area contributed by atoms with Crippen LogP contribution >= 0.6 is 43.0 Å². The number of nitrogens with one attached hydrogen (secondary N) is 2. The molecule has 2 aliphatic heterocycles. The van der Waals surface area contributed by atoms with Crippen molar-refractivity contribution in [3.8, 4) is 0 Å². The van der Waals surface area contributed by atoms with Gasteiger partial charge in [0.2, 0.25) is 11.8 Å². The van der Waals surface area contributed by atoms with Crippen LogP contribution in [0.15, 0.2) is 59.5 Å². The van der Waals surface area contributed by atoms with E-state index in [9.17, 15) is 14.4 Å². The van der Waals surface area contributed by atoms with Crippen molar-refractivity contribution < 1.29 is 14.4 Å². The molecule has 0 aliphatic carbocycles. The number of hydrogen-bond acceptors (Lipinski definition) is 6. The first-order valence-electron chi connectivity index (χ1n) is 12.9. The van der Waals surface area contributed by atoms with Gasteiger partial charge in [-0.05, 0) is 59.1 Å². The minimum atomic E-state index is -0.675. The van der Waals surface area contributed by atoms with E-state index < -0.39 is 19.5 Å². The number of halogens is 1. The molecule has 2 N–H and O–H groups in total. The average molecular weight is 605 g/mol. The maximum atomic E-state index is 13.5. The summed E-state index contributed by atoms with van der Waals surface area (Å²) in [6.07, 6.45) is 0.556. The Morgan fingerprint density at radius 3 is 2.44 bits per heavy atom. The molecule has 3 unspecified atom stereocenters. The molecule has 7 nitrogen and oxygen atoms in total. The van der Waals surface area contributed by atoms with Gasteiger partial charge in [-0.15, -0.1) is 11.3 Å². The van der Waals surface area contributed by atoms with Crippen molar-refractivity contribution in [3.05, 3.63) is 64.5 Å². The van der Waals surface area contributed by atoms with Crippen LogP contribution in [0.2, 0.25) is 5.02 Å². The lowest BCUT2D eigenvalue weighted by molar-refractivity contribution is -0.140. The Morgan fingerprint density at radius 2 is 1.82 bits per heavy atom. The molecule has 208 valence electrons. The van der Waals surface area contributed by atoms with E-state index in [1.807, 2.05) is 98.8 Å². The summed E-state index contributed by atoms with van der Waals surface area (Å²) in [5, 5.41) is 4.70. The van der Waals surface area contributed by atoms with E-state index in [2.05, 4.69) is 10.0 Å². The molecule has 3 aromatic rings. The molecule has 0 bridgehead atoms. The van der Waals surface area contributed by atoms with Gasteiger partial charge in [-0.2, -0.15) is 0 Å². The molecule has 2 fully saturated rings. The predicted molar refractivity (Wildman–Crippen MR) is 163 cm³/mol. The van der Waals surface area contributed by atoms with Crippen LogP contribution in [0.4, 0.5) is 0 Å². The highest BCUT2D eigenvalue weighted by molar-refractivity contribution is 7.97. The van der Waals surface area contributed by atoms with Gasteiger partial charge in [-0.1, -0.05) is 64.4 Å². The van der Waals surface area contributed by atoms with E-state index in [0.717, 1.165) is 15.0 Å². The van der Waals surface area contributed by atoms with Crippen molar-refractivity contribution in [2.45, 2.75) is 51.3 Å². The first-order chi connectivity index (χ1) is 18.6. The van der Waals surface area contributed by atoms with Crippen molar-refractivity contribution in [3.63, 3.8) is 0 Å². The molecule has 2 aliphatic rings. The molecule has 0 spiro atoms. The Bertz CT molecular complexity index is 1310. The molecule has 2 saturated heterocycles. The van der Waals surface area contributed by atoms with Gasteiger partial charge in [0.25, 0.3) is 5.91 Å². The monoisotopic (exact) mass is 604 g/mol. The minimum absolute atomic E-state index is 0.0429. The van der Waals surface area contributed by atoms with Crippen LogP contribution in [0, 0.1) is 5.41 Å². The van der Waals surface area contributed by atoms with E-state index in [1.54, 1.807) is 0 Å². The Labute approximate surface area is 244 Å². The molecule has 39 heavy (non-hydrogen) atoms. The van der Waals surface area contributed by atoms with E-state index >= 15 is 0 Å². The molecule has 5 rings (SSSR count). The van der Waals surface area contributed by atoms with Crippen molar-refractivity contribution in [1.29, 1.82) is 0 Å². The Hall–Kier alpha value is -2.16. The van der Waals surface area contributed by atoms with Crippen molar-refractivity contribution in [2.24, 2.45) is 5.41 Å². The molecule has 0 radical (unpaired) electrons. The fourth-order valence-corrected chi connectivity index (χ4v) is 8.41. The summed E-state index contributed by atoms with van der Waals surface area (Å²) in [6.45, 7) is 10.7. The second kappa shape index (κ2) is 12.6. The third-order valence-electron chi connectivity index (χ3n) is 6.48. The Morgan fingerprint density at radius 1 is 1.13 bits per heavy atom. The number of carbonyl (C=O) groups excluding carboxylic acids is 3. The number of nitrogens with zero attached hydrogens (tertiary/aromatic N) is 2. The molecular weight excluding hydrogens is 571 g/mol. The SMILES string of the molecule is CC.CC(C)(C)C(NC(=O)c1cc2ccccc2s1)C(=O)N1CP2C1CN2C(=O)CNSc1ccc(Cl)cc1. The Kier molecular flexibility index (Phi) is 9.61. The van der Waals surface area contributed by atoms with Gasteiger partial charge in [0.1, 0.15) is 6.04 Å². The predicted octanol–water partition coefficient (Wildman–Crippen LogP) is 6.39. The van der Waals surface area contributed by atoms with Crippen LogP contribution in [0.25, 0.3) is 10.1 Å². The molecule has 3 heterocycles. The van der Waals surface area contributed by atoms with Crippen LogP contribution in [0.5, 0.6) is 0 Å². The first-order valence-corrected chi connectivity index (χ1v) is 16.5. The van der Waals surface area contributed by atoms with E-state index in [4.69, 9.17) is 11.6 Å². The van der Waals surface area contributed by atoms with Gasteiger partial charge in [0, 0.05) is 22.7 Å². The van der Waals surface area contributed by atoms with E-state index in [1.165, 1.54) is 23.3 Å². The normalized spacial score (nSPS) is 18.7. The Balaban J connectivity index is 0.00000172. The number of amides is 3. The number of thiophene rings is 1. The van der Waals surface area contributed by atoms with Crippen LogP contribution < -0.4 is 10.0 Å². The van der Waals surface area contributed by atoms with E-state index in [-0.39, 0.29) is 30.0 Å². The second-order valence-electron chi connectivity index (χ2n) is 10.1. The quantitative estimate of drug-likeness (QED) is 0.241. The lowest BCUT2D eigenvalue weighted by atomic mass is 9.85. The lowest BCUT2D eigenvalue weighted by Gasteiger charge is -2.62. The highest BCUT2D eigenvalue weighted by atomic mass is 35.5. The zero-order valence-corrected chi connectivity index (χ0v) is 26.0. The smallest absolute Gasteiger partial charge is 0.262 e. The number of carbonyl (C=O) groups is 3. The summed E-state index contributed by atoms with van der Waals surface area (Å²) in [5.41, 5.74) is -0.455. The van der Waals surface area contributed by atoms with Crippen LogP contribution in [-0.4, -0.2) is 58.5 Å². The number of rotatable bonds is 7. The third-order valence-corrected chi connectivity index (χ3v) is 11.4. The fourth-order valence-electron chi connectivity index (χ4n) is 4.35. The lowest BCUT2D eigenvalue weighted by Crippen LogP contribution is -2.69. The maximum Gasteiger partial charge on any atom is 0.262 e. The molecule has 3 atom stereocenters. The highest BCUT2D eigenvalue weighted by Gasteiger charge is 2.57. The van der Waals surface area contributed by atoms with Gasteiger partial charge in [-0.25, -0.2) is 0 Å². The minimum Gasteiger partial charge on any atom is -0.339 e. The zero-order chi connectivity index (χ0) is 28.3. The van der Waals surface area contributed by atoms with Gasteiger partial charge >= 0.3 is 0 Å². The summed E-state index contributed by atoms with van der Waals surface area (Å²) >= 11 is 8.73. The number of fused-ring (bicyclic) bond motifs is 2. The molecular formula is C28H34ClN4O3PS2. The average Bonchev–Trinajstić information content (AvgIpc) is 3.34. The van der Waals surface area contributed by atoms with Crippen molar-refractivity contribution in [1.82, 2.24) is 19.6 Å². The second-order valence-corrected chi connectivity index (χ2v) is 14.9. The molecule has 2 aromatic carbocycles. The summed E-state index contributed by atoms with van der Waals surface area (Å²) in [4.78, 5) is 42.7. The summed E-state index contributed by atoms with van der Waals surface area (Å²) in [5.74, 6) is -0.191. The van der Waals surface area contributed by atoms with Crippen molar-refractivity contribution >= 4 is 70.8 Å². The van der Waals surface area contributed by atoms with Crippen LogP contribution in [-0.2, 0) is 9.59 Å². The standard InChI is InChI=1S/C26H28ClN4O3PS2.C2H6/c1-26(2,3)23(29-24(33)20-12-16-6-4-5-7-19(16)36-20)25(34)30-15-35-22(30)14-31(35)21(32)13-28-37-18-10-8-17(27)9-11-18;1-2/h4-12,22-23,28H,13-15H2,1-3H3,(H,29,33);1-2H3. The van der Waals surface area contributed by atoms with Gasteiger partial charge in [0.15, 0.2) is 0 Å². The van der Waals surface area contributed by atoms with Crippen LogP contribution in [0.1, 0.15) is 44.3 Å². The van der Waals surface area contributed by atoms with Crippen molar-refractivity contribution in [2.75, 3.05) is 19.4 Å². The highest BCUT2D eigenvalue weighted by Crippen LogP contribution is 2.64. The van der Waals surface area contributed by atoms with Gasteiger partial charge < -0.3 is 14.9 Å². The molecule has 3 amide bonds. The first kappa shape index (κ1) is 29.8. The summed E-state index contributed by atoms with van der Waals surface area (Å²) < 4.78 is 6.05. The third kappa shape index (κ3) is 6.60. The van der Waals surface area contributed by atoms with Crippen LogP contribution in [0.3, 0.4) is 0 Å². The number of hydrogen-bond donors (Lipinski definition) is 2. The van der Waals surface area contributed by atoms with Gasteiger partial charge in [-0.3, -0.25) is 19.1 Å². The zero-order valence-electron chi connectivity index (χ0n) is 22.7. The largest absolute Gasteiger partial charge is 0.339 e. The molecule has 0 saturated carbocycles. The summed E-state index contributed by atoms with van der Waals surface area (Å²) in [6, 6.07) is 16.5. The van der Waals surface area contributed by atoms with E-state index in [0.29, 0.717) is 22.7 Å². The van der Waals surface area contributed by atoms with Gasteiger partial charge in [0.05, 0.1) is 30.0 Å².